The summed E-state index contributed by atoms with van der Waals surface area (Å²) >= 11 is 6.13. The number of carbonyl (C=O) groups excluding carboxylic acids is 2. The molecule has 0 spiro atoms. The van der Waals surface area contributed by atoms with Gasteiger partial charge in [0.25, 0.3) is 5.91 Å². The number of piperidine rings is 1. The average molecular weight is 404 g/mol. The number of halogens is 1. The predicted octanol–water partition coefficient (Wildman–Crippen LogP) is 3.58. The van der Waals surface area contributed by atoms with Crippen molar-refractivity contribution in [1.29, 1.82) is 0 Å². The van der Waals surface area contributed by atoms with Crippen LogP contribution < -0.4 is 0 Å². The molecular formula is C21H26ClN3O3. The van der Waals surface area contributed by atoms with Gasteiger partial charge in [-0.2, -0.15) is 5.10 Å². The fourth-order valence-corrected chi connectivity index (χ4v) is 4.05. The van der Waals surface area contributed by atoms with Crippen molar-refractivity contribution in [3.05, 3.63) is 52.8 Å². The third-order valence-corrected chi connectivity index (χ3v) is 5.44. The molecule has 6 nitrogen and oxygen atoms in total. The maximum atomic E-state index is 13.0. The van der Waals surface area contributed by atoms with Gasteiger partial charge in [0.15, 0.2) is 0 Å². The van der Waals surface area contributed by atoms with E-state index in [0.717, 1.165) is 12.0 Å². The Bertz CT molecular complexity index is 851. The van der Waals surface area contributed by atoms with E-state index < -0.39 is 5.41 Å². The van der Waals surface area contributed by atoms with Crippen molar-refractivity contribution >= 4 is 23.5 Å². The lowest BCUT2D eigenvalue weighted by atomic mass is 9.75. The zero-order valence-corrected chi connectivity index (χ0v) is 17.1. The van der Waals surface area contributed by atoms with Gasteiger partial charge in [-0.15, -0.1) is 0 Å². The van der Waals surface area contributed by atoms with Gasteiger partial charge in [-0.25, -0.2) is 0 Å². The molecule has 7 heteroatoms. The lowest BCUT2D eigenvalue weighted by Crippen LogP contribution is -2.51. The van der Waals surface area contributed by atoms with Crippen LogP contribution in [0.5, 0.6) is 0 Å². The lowest BCUT2D eigenvalue weighted by Gasteiger charge is -2.41. The molecule has 1 aromatic heterocycles. The SMILES string of the molecule is CCOC(=O)[C@]1(Cc2cccc(Cl)c2)CCCN(C(=O)c2cnn(CC)c2)C1. The number of aromatic nitrogens is 2. The van der Waals surface area contributed by atoms with Crippen LogP contribution in [0, 0.1) is 5.41 Å². The Morgan fingerprint density at radius 3 is 2.82 bits per heavy atom. The van der Waals surface area contributed by atoms with Crippen LogP contribution in [-0.4, -0.2) is 46.3 Å². The van der Waals surface area contributed by atoms with E-state index in [1.807, 2.05) is 31.2 Å². The van der Waals surface area contributed by atoms with Gasteiger partial charge < -0.3 is 9.64 Å². The molecule has 0 unspecified atom stereocenters. The molecule has 1 aromatic carbocycles. The molecule has 2 heterocycles. The smallest absolute Gasteiger partial charge is 0.314 e. The molecule has 28 heavy (non-hydrogen) atoms. The van der Waals surface area contributed by atoms with Crippen LogP contribution in [0.2, 0.25) is 5.02 Å². The van der Waals surface area contributed by atoms with Crippen LogP contribution in [0.1, 0.15) is 42.6 Å². The summed E-state index contributed by atoms with van der Waals surface area (Å²) in [4.78, 5) is 27.7. The third-order valence-electron chi connectivity index (χ3n) is 5.21. The number of aryl methyl sites for hydroxylation is 1. The second-order valence-corrected chi connectivity index (χ2v) is 7.66. The van der Waals surface area contributed by atoms with Gasteiger partial charge in [0.1, 0.15) is 0 Å². The van der Waals surface area contributed by atoms with E-state index in [9.17, 15) is 9.59 Å². The Morgan fingerprint density at radius 2 is 2.14 bits per heavy atom. The topological polar surface area (TPSA) is 64.4 Å². The van der Waals surface area contributed by atoms with Gasteiger partial charge in [-0.1, -0.05) is 23.7 Å². The quantitative estimate of drug-likeness (QED) is 0.691. The van der Waals surface area contributed by atoms with E-state index >= 15 is 0 Å². The van der Waals surface area contributed by atoms with Crippen LogP contribution in [0.15, 0.2) is 36.7 Å². The molecule has 0 saturated carbocycles. The van der Waals surface area contributed by atoms with Crippen LogP contribution in [0.25, 0.3) is 0 Å². The van der Waals surface area contributed by atoms with Gasteiger partial charge in [0.05, 0.1) is 23.8 Å². The number of carbonyl (C=O) groups is 2. The highest BCUT2D eigenvalue weighted by Gasteiger charge is 2.45. The fourth-order valence-electron chi connectivity index (χ4n) is 3.84. The molecule has 1 fully saturated rings. The molecule has 0 bridgehead atoms. The number of hydrogen-bond donors (Lipinski definition) is 0. The maximum absolute atomic E-state index is 13.0. The molecule has 1 aliphatic rings. The molecule has 150 valence electrons. The standard InChI is InChI=1S/C21H26ClN3O3/c1-3-25-14-17(13-23-25)19(26)24-10-6-9-21(15-24,20(27)28-4-2)12-16-7-5-8-18(22)11-16/h5,7-8,11,13-14H,3-4,6,9-10,12,15H2,1-2H3/t21-/m0/s1. The number of ether oxygens (including phenoxy) is 1. The molecule has 0 N–H and O–H groups in total. The molecule has 1 saturated heterocycles. The highest BCUT2D eigenvalue weighted by Crippen LogP contribution is 2.36. The summed E-state index contributed by atoms with van der Waals surface area (Å²) in [5.74, 6) is -0.351. The first-order valence-electron chi connectivity index (χ1n) is 9.71. The molecule has 2 aromatic rings. The third kappa shape index (κ3) is 4.38. The Labute approximate surface area is 170 Å². The zero-order chi connectivity index (χ0) is 20.1. The number of nitrogens with zero attached hydrogens (tertiary/aromatic N) is 3. The molecule has 1 atom stereocenters. The van der Waals surface area contributed by atoms with Gasteiger partial charge in [-0.05, 0) is 50.8 Å². The van der Waals surface area contributed by atoms with E-state index in [4.69, 9.17) is 16.3 Å². The Morgan fingerprint density at radius 1 is 1.32 bits per heavy atom. The lowest BCUT2D eigenvalue weighted by molar-refractivity contribution is -0.158. The first kappa shape index (κ1) is 20.4. The Kier molecular flexibility index (Phi) is 6.39. The minimum Gasteiger partial charge on any atom is -0.466 e. The first-order valence-corrected chi connectivity index (χ1v) is 10.1. The summed E-state index contributed by atoms with van der Waals surface area (Å²) in [5.41, 5.74) is 0.743. The van der Waals surface area contributed by atoms with Crippen molar-refractivity contribution in [3.63, 3.8) is 0 Å². The second kappa shape index (κ2) is 8.78. The van der Waals surface area contributed by atoms with E-state index in [2.05, 4.69) is 5.10 Å². The van der Waals surface area contributed by atoms with Crippen LogP contribution in [-0.2, 0) is 22.5 Å². The monoisotopic (exact) mass is 403 g/mol. The number of hydrogen-bond acceptors (Lipinski definition) is 4. The van der Waals surface area contributed by atoms with E-state index in [0.29, 0.717) is 49.7 Å². The van der Waals surface area contributed by atoms with Crippen molar-refractivity contribution in [2.24, 2.45) is 5.41 Å². The van der Waals surface area contributed by atoms with E-state index in [-0.39, 0.29) is 11.9 Å². The van der Waals surface area contributed by atoms with Crippen molar-refractivity contribution < 1.29 is 14.3 Å². The summed E-state index contributed by atoms with van der Waals surface area (Å²) in [6.45, 7) is 5.73. The predicted molar refractivity (Wildman–Crippen MR) is 107 cm³/mol. The van der Waals surface area contributed by atoms with Crippen molar-refractivity contribution in [2.75, 3.05) is 19.7 Å². The van der Waals surface area contributed by atoms with E-state index in [1.54, 1.807) is 28.9 Å². The van der Waals surface area contributed by atoms with Crippen LogP contribution >= 0.6 is 11.6 Å². The Balaban J connectivity index is 1.86. The minimum atomic E-state index is -0.768. The second-order valence-electron chi connectivity index (χ2n) is 7.22. The summed E-state index contributed by atoms with van der Waals surface area (Å²) in [6.07, 6.45) is 5.25. The number of amides is 1. The maximum Gasteiger partial charge on any atom is 0.314 e. The number of likely N-dealkylation sites (tertiary alicyclic amines) is 1. The van der Waals surface area contributed by atoms with Crippen LogP contribution in [0.3, 0.4) is 0 Å². The van der Waals surface area contributed by atoms with Crippen molar-refractivity contribution in [1.82, 2.24) is 14.7 Å². The molecule has 1 aliphatic heterocycles. The summed E-state index contributed by atoms with van der Waals surface area (Å²) in [6, 6.07) is 7.51. The summed E-state index contributed by atoms with van der Waals surface area (Å²) in [7, 11) is 0. The van der Waals surface area contributed by atoms with Crippen LogP contribution in [0.4, 0.5) is 0 Å². The molecule has 0 aliphatic carbocycles. The Hall–Kier alpha value is -2.34. The molecule has 3 rings (SSSR count). The van der Waals surface area contributed by atoms with Gasteiger partial charge in [0.2, 0.25) is 0 Å². The average Bonchev–Trinajstić information content (AvgIpc) is 3.17. The van der Waals surface area contributed by atoms with Gasteiger partial charge >= 0.3 is 5.97 Å². The highest BCUT2D eigenvalue weighted by atomic mass is 35.5. The molecule has 1 amide bonds. The normalized spacial score (nSPS) is 19.5. The highest BCUT2D eigenvalue weighted by molar-refractivity contribution is 6.30. The first-order chi connectivity index (χ1) is 13.5. The van der Waals surface area contributed by atoms with E-state index in [1.165, 1.54) is 0 Å². The number of benzene rings is 1. The van der Waals surface area contributed by atoms with Crippen molar-refractivity contribution in [3.8, 4) is 0 Å². The number of rotatable bonds is 6. The summed E-state index contributed by atoms with van der Waals surface area (Å²) < 4.78 is 7.14. The van der Waals surface area contributed by atoms with Crippen molar-refractivity contribution in [2.45, 2.75) is 39.7 Å². The minimum absolute atomic E-state index is 0.0980. The molecular weight excluding hydrogens is 378 g/mol. The summed E-state index contributed by atoms with van der Waals surface area (Å²) in [5, 5.41) is 4.82. The zero-order valence-electron chi connectivity index (χ0n) is 16.4. The largest absolute Gasteiger partial charge is 0.466 e. The van der Waals surface area contributed by atoms with Gasteiger partial charge in [0, 0.05) is 30.9 Å². The number of esters is 1. The fraction of sp³-hybridized carbons (Fsp3) is 0.476. The van der Waals surface area contributed by atoms with Gasteiger partial charge in [-0.3, -0.25) is 14.3 Å². The molecule has 0 radical (unpaired) electrons.